The molecule has 1 N–H and O–H groups in total. The van der Waals surface area contributed by atoms with Crippen LogP contribution in [-0.4, -0.2) is 41.7 Å². The van der Waals surface area contributed by atoms with Gasteiger partial charge in [0.05, 0.1) is 11.1 Å². The first-order chi connectivity index (χ1) is 10.0. The Morgan fingerprint density at radius 2 is 2.24 bits per heavy atom. The lowest BCUT2D eigenvalue weighted by molar-refractivity contribution is -0.132. The molecule has 21 heavy (non-hydrogen) atoms. The van der Waals surface area contributed by atoms with Crippen LogP contribution in [0.1, 0.15) is 18.4 Å². The summed E-state index contributed by atoms with van der Waals surface area (Å²) < 4.78 is 5.56. The number of ether oxygens (including phenoxy) is 1. The van der Waals surface area contributed by atoms with Crippen LogP contribution in [0.5, 0.6) is 5.75 Å². The Hall–Kier alpha value is -1.26. The van der Waals surface area contributed by atoms with Gasteiger partial charge in [-0.05, 0) is 43.4 Å². The molecule has 0 bridgehead atoms. The molecule has 1 saturated heterocycles. The van der Waals surface area contributed by atoms with E-state index in [0.29, 0.717) is 23.2 Å². The molecule has 5 heteroatoms. The summed E-state index contributed by atoms with van der Waals surface area (Å²) in [7, 11) is 0. The molecule has 114 valence electrons. The third kappa shape index (κ3) is 3.01. The second-order valence-electron chi connectivity index (χ2n) is 6.09. The van der Waals surface area contributed by atoms with Crippen molar-refractivity contribution in [3.05, 3.63) is 28.8 Å². The molecule has 1 aliphatic carbocycles. The van der Waals surface area contributed by atoms with Gasteiger partial charge in [0.15, 0.2) is 6.61 Å². The highest BCUT2D eigenvalue weighted by Crippen LogP contribution is 2.38. The number of fused-ring (bicyclic) bond motifs is 1. The molecule has 2 aliphatic rings. The van der Waals surface area contributed by atoms with Crippen molar-refractivity contribution < 1.29 is 14.6 Å². The van der Waals surface area contributed by atoms with E-state index in [2.05, 4.69) is 0 Å². The number of aryl methyl sites for hydroxylation is 1. The molecule has 0 aromatic heterocycles. The summed E-state index contributed by atoms with van der Waals surface area (Å²) in [5, 5.41) is 10.4. The van der Waals surface area contributed by atoms with Gasteiger partial charge in [-0.1, -0.05) is 17.7 Å². The average Bonchev–Trinajstić information content (AvgIpc) is 3.02. The lowest BCUT2D eigenvalue weighted by Crippen LogP contribution is -2.34. The van der Waals surface area contributed by atoms with E-state index in [-0.39, 0.29) is 24.5 Å². The minimum absolute atomic E-state index is 0.00128. The van der Waals surface area contributed by atoms with Crippen molar-refractivity contribution in [2.45, 2.75) is 25.9 Å². The van der Waals surface area contributed by atoms with Gasteiger partial charge >= 0.3 is 0 Å². The number of aliphatic hydroxyl groups excluding tert-OH is 1. The normalized spacial score (nSPS) is 27.8. The Morgan fingerprint density at radius 3 is 3.00 bits per heavy atom. The van der Waals surface area contributed by atoms with Gasteiger partial charge in [-0.15, -0.1) is 0 Å². The number of amides is 1. The van der Waals surface area contributed by atoms with Gasteiger partial charge in [-0.3, -0.25) is 4.79 Å². The first-order valence-corrected chi connectivity index (χ1v) is 7.77. The quantitative estimate of drug-likeness (QED) is 0.932. The average molecular weight is 310 g/mol. The van der Waals surface area contributed by atoms with Crippen LogP contribution >= 0.6 is 11.6 Å². The summed E-state index contributed by atoms with van der Waals surface area (Å²) in [6.45, 7) is 3.34. The Labute approximate surface area is 129 Å². The lowest BCUT2D eigenvalue weighted by Gasteiger charge is -2.19. The Balaban J connectivity index is 1.57. The van der Waals surface area contributed by atoms with Crippen LogP contribution in [0.3, 0.4) is 0 Å². The number of benzene rings is 1. The van der Waals surface area contributed by atoms with Crippen LogP contribution in [0.25, 0.3) is 0 Å². The Bertz CT molecular complexity index is 548. The molecule has 1 aromatic carbocycles. The Morgan fingerprint density at radius 1 is 1.43 bits per heavy atom. The van der Waals surface area contributed by atoms with Crippen LogP contribution in [-0.2, 0) is 4.79 Å². The molecule has 2 fully saturated rings. The zero-order valence-corrected chi connectivity index (χ0v) is 12.8. The van der Waals surface area contributed by atoms with Gasteiger partial charge in [-0.25, -0.2) is 0 Å². The van der Waals surface area contributed by atoms with Crippen molar-refractivity contribution in [1.29, 1.82) is 0 Å². The summed E-state index contributed by atoms with van der Waals surface area (Å²) in [6, 6.07) is 5.51. The second-order valence-corrected chi connectivity index (χ2v) is 6.50. The lowest BCUT2D eigenvalue weighted by atomic mass is 10.00. The number of hydrogen-bond donors (Lipinski definition) is 1. The van der Waals surface area contributed by atoms with Crippen LogP contribution < -0.4 is 4.74 Å². The molecule has 4 nitrogen and oxygen atoms in total. The molecule has 3 unspecified atom stereocenters. The monoisotopic (exact) mass is 309 g/mol. The zero-order chi connectivity index (χ0) is 15.0. The Kier molecular flexibility index (Phi) is 4.09. The van der Waals surface area contributed by atoms with E-state index in [1.165, 1.54) is 0 Å². The van der Waals surface area contributed by atoms with Gasteiger partial charge in [-0.2, -0.15) is 0 Å². The predicted molar refractivity (Wildman–Crippen MR) is 80.5 cm³/mol. The SMILES string of the molecule is Cc1ccc(Cl)c(OCC(=O)N2CC3CCC(O)C3C2)c1. The summed E-state index contributed by atoms with van der Waals surface area (Å²) in [5.41, 5.74) is 1.04. The highest BCUT2D eigenvalue weighted by Gasteiger charge is 2.43. The third-order valence-corrected chi connectivity index (χ3v) is 4.92. The van der Waals surface area contributed by atoms with Gasteiger partial charge in [0.1, 0.15) is 5.75 Å². The summed E-state index contributed by atoms with van der Waals surface area (Å²) >= 11 is 6.05. The molecule has 1 amide bonds. The molecule has 3 atom stereocenters. The molecule has 1 heterocycles. The molecule has 0 spiro atoms. The predicted octanol–water partition coefficient (Wildman–Crippen LogP) is 2.26. The summed E-state index contributed by atoms with van der Waals surface area (Å²) in [6.07, 6.45) is 1.63. The zero-order valence-electron chi connectivity index (χ0n) is 12.1. The molecule has 1 aliphatic heterocycles. The topological polar surface area (TPSA) is 49.8 Å². The standard InChI is InChI=1S/C16H20ClNO3/c1-10-2-4-13(17)15(6-10)21-9-16(20)18-7-11-3-5-14(19)12(11)8-18/h2,4,6,11-12,14,19H,3,5,7-9H2,1H3. The molecule has 3 rings (SSSR count). The van der Waals surface area contributed by atoms with Crippen LogP contribution in [0.15, 0.2) is 18.2 Å². The second kappa shape index (κ2) is 5.85. The fourth-order valence-corrected chi connectivity index (χ4v) is 3.56. The molecular weight excluding hydrogens is 290 g/mol. The molecule has 1 aromatic rings. The smallest absolute Gasteiger partial charge is 0.260 e. The van der Waals surface area contributed by atoms with E-state index in [4.69, 9.17) is 16.3 Å². The van der Waals surface area contributed by atoms with E-state index >= 15 is 0 Å². The number of rotatable bonds is 3. The van der Waals surface area contributed by atoms with E-state index in [9.17, 15) is 9.90 Å². The van der Waals surface area contributed by atoms with Gasteiger partial charge < -0.3 is 14.7 Å². The maximum atomic E-state index is 12.2. The van der Waals surface area contributed by atoms with Crippen LogP contribution in [0.4, 0.5) is 0 Å². The summed E-state index contributed by atoms with van der Waals surface area (Å²) in [5.74, 6) is 1.21. The maximum Gasteiger partial charge on any atom is 0.260 e. The van der Waals surface area contributed by atoms with E-state index < -0.39 is 0 Å². The van der Waals surface area contributed by atoms with Crippen molar-refractivity contribution in [2.24, 2.45) is 11.8 Å². The fraction of sp³-hybridized carbons (Fsp3) is 0.562. The largest absolute Gasteiger partial charge is 0.482 e. The van der Waals surface area contributed by atoms with Crippen molar-refractivity contribution in [1.82, 2.24) is 4.90 Å². The number of hydrogen-bond acceptors (Lipinski definition) is 3. The van der Waals surface area contributed by atoms with E-state index in [0.717, 1.165) is 24.9 Å². The minimum Gasteiger partial charge on any atom is -0.482 e. The van der Waals surface area contributed by atoms with E-state index in [1.807, 2.05) is 19.1 Å². The summed E-state index contributed by atoms with van der Waals surface area (Å²) in [4.78, 5) is 14.0. The first-order valence-electron chi connectivity index (χ1n) is 7.39. The fourth-order valence-electron chi connectivity index (χ4n) is 3.39. The molecular formula is C16H20ClNO3. The highest BCUT2D eigenvalue weighted by molar-refractivity contribution is 6.32. The van der Waals surface area contributed by atoms with Crippen LogP contribution in [0, 0.1) is 18.8 Å². The number of carbonyl (C=O) groups excluding carboxylic acids is 1. The van der Waals surface area contributed by atoms with Crippen molar-refractivity contribution in [3.63, 3.8) is 0 Å². The number of aliphatic hydroxyl groups is 1. The van der Waals surface area contributed by atoms with Crippen molar-refractivity contribution >= 4 is 17.5 Å². The number of carbonyl (C=O) groups is 1. The van der Waals surface area contributed by atoms with E-state index in [1.54, 1.807) is 11.0 Å². The van der Waals surface area contributed by atoms with Crippen molar-refractivity contribution in [2.75, 3.05) is 19.7 Å². The van der Waals surface area contributed by atoms with Gasteiger partial charge in [0.2, 0.25) is 0 Å². The minimum atomic E-state index is -0.250. The number of halogens is 1. The third-order valence-electron chi connectivity index (χ3n) is 4.61. The molecule has 1 saturated carbocycles. The number of likely N-dealkylation sites (tertiary alicyclic amines) is 1. The van der Waals surface area contributed by atoms with Gasteiger partial charge in [0, 0.05) is 19.0 Å². The number of nitrogens with zero attached hydrogens (tertiary/aromatic N) is 1. The molecule has 0 radical (unpaired) electrons. The first kappa shape index (κ1) is 14.7. The van der Waals surface area contributed by atoms with Gasteiger partial charge in [0.25, 0.3) is 5.91 Å². The highest BCUT2D eigenvalue weighted by atomic mass is 35.5. The maximum absolute atomic E-state index is 12.2. The van der Waals surface area contributed by atoms with Crippen molar-refractivity contribution in [3.8, 4) is 5.75 Å². The van der Waals surface area contributed by atoms with Crippen LogP contribution in [0.2, 0.25) is 5.02 Å².